The fraction of sp³-hybridized carbons (Fsp3) is 0.304. The molecular weight excluding hydrogens is 380 g/mol. The number of oxazole rings is 1. The number of benzene rings is 1. The van der Waals surface area contributed by atoms with E-state index in [-0.39, 0.29) is 35.5 Å². The maximum absolute atomic E-state index is 13.4. The SMILES string of the molecule is Cc1ccccc1[C@@H]1[C@H]2CN(C(=O)c3cnco3)C[C@H]2CN1C(=O)c1cccnc1. The molecule has 2 saturated heterocycles. The lowest BCUT2D eigenvalue weighted by Gasteiger charge is -2.31. The Bertz CT molecular complexity index is 1070. The van der Waals surface area contributed by atoms with Gasteiger partial charge in [-0.3, -0.25) is 14.6 Å². The summed E-state index contributed by atoms with van der Waals surface area (Å²) in [6.07, 6.45) is 6.01. The van der Waals surface area contributed by atoms with Crippen molar-refractivity contribution in [2.24, 2.45) is 11.8 Å². The van der Waals surface area contributed by atoms with Crippen LogP contribution >= 0.6 is 0 Å². The van der Waals surface area contributed by atoms with Crippen LogP contribution in [0.2, 0.25) is 0 Å². The quantitative estimate of drug-likeness (QED) is 0.673. The highest BCUT2D eigenvalue weighted by atomic mass is 16.3. The second kappa shape index (κ2) is 7.40. The van der Waals surface area contributed by atoms with Crippen molar-refractivity contribution in [1.82, 2.24) is 19.8 Å². The van der Waals surface area contributed by atoms with E-state index in [9.17, 15) is 9.59 Å². The molecule has 0 unspecified atom stereocenters. The Morgan fingerprint density at radius 1 is 1.00 bits per heavy atom. The summed E-state index contributed by atoms with van der Waals surface area (Å²) in [4.78, 5) is 37.9. The highest BCUT2D eigenvalue weighted by Crippen LogP contribution is 2.46. The number of hydrogen-bond acceptors (Lipinski definition) is 5. The third-order valence-corrected chi connectivity index (χ3v) is 6.27. The minimum absolute atomic E-state index is 0.0149. The Labute approximate surface area is 174 Å². The minimum atomic E-state index is -0.143. The Kier molecular flexibility index (Phi) is 4.58. The van der Waals surface area contributed by atoms with Crippen LogP contribution < -0.4 is 0 Å². The summed E-state index contributed by atoms with van der Waals surface area (Å²) in [5.41, 5.74) is 2.87. The van der Waals surface area contributed by atoms with Crippen LogP contribution in [0.3, 0.4) is 0 Å². The number of amides is 2. The smallest absolute Gasteiger partial charge is 0.291 e. The average molecular weight is 402 g/mol. The van der Waals surface area contributed by atoms with E-state index in [4.69, 9.17) is 4.42 Å². The Balaban J connectivity index is 1.47. The van der Waals surface area contributed by atoms with E-state index in [1.807, 2.05) is 21.9 Å². The molecular formula is C23H22N4O3. The summed E-state index contributed by atoms with van der Waals surface area (Å²) in [5.74, 6) is 0.473. The van der Waals surface area contributed by atoms with E-state index in [2.05, 4.69) is 29.0 Å². The number of hydrogen-bond donors (Lipinski definition) is 0. The van der Waals surface area contributed by atoms with Crippen LogP contribution in [0.5, 0.6) is 0 Å². The number of fused-ring (bicyclic) bond motifs is 1. The molecule has 0 radical (unpaired) electrons. The molecule has 0 spiro atoms. The molecule has 2 fully saturated rings. The zero-order valence-electron chi connectivity index (χ0n) is 16.6. The van der Waals surface area contributed by atoms with Gasteiger partial charge in [-0.15, -0.1) is 0 Å². The number of aromatic nitrogens is 2. The molecule has 0 aliphatic carbocycles. The van der Waals surface area contributed by atoms with Gasteiger partial charge in [0.15, 0.2) is 6.39 Å². The molecule has 0 saturated carbocycles. The number of likely N-dealkylation sites (tertiary alicyclic amines) is 2. The van der Waals surface area contributed by atoms with Gasteiger partial charge in [-0.05, 0) is 30.2 Å². The van der Waals surface area contributed by atoms with Crippen LogP contribution in [0.1, 0.15) is 38.1 Å². The average Bonchev–Trinajstić information content (AvgIpc) is 3.50. The van der Waals surface area contributed by atoms with Crippen molar-refractivity contribution in [3.8, 4) is 0 Å². The van der Waals surface area contributed by atoms with Crippen molar-refractivity contribution >= 4 is 11.8 Å². The van der Waals surface area contributed by atoms with Gasteiger partial charge in [-0.1, -0.05) is 24.3 Å². The standard InChI is InChI=1S/C23H22N4O3/c1-15-5-2-3-7-18(15)21-19-13-26(23(29)20-10-25-14-30-20)11-17(19)12-27(21)22(28)16-6-4-8-24-9-16/h2-10,14,17,19,21H,11-13H2,1H3/t17-,19-,21+/m0/s1. The Morgan fingerprint density at radius 3 is 2.60 bits per heavy atom. The molecule has 2 aliphatic rings. The van der Waals surface area contributed by atoms with E-state index in [0.717, 1.165) is 11.1 Å². The normalized spacial score (nSPS) is 22.9. The lowest BCUT2D eigenvalue weighted by Crippen LogP contribution is -2.37. The first-order chi connectivity index (χ1) is 14.6. The van der Waals surface area contributed by atoms with Gasteiger partial charge < -0.3 is 14.2 Å². The molecule has 2 amide bonds. The van der Waals surface area contributed by atoms with Crippen LogP contribution in [-0.4, -0.2) is 51.2 Å². The molecule has 2 aromatic heterocycles. The predicted molar refractivity (Wildman–Crippen MR) is 109 cm³/mol. The van der Waals surface area contributed by atoms with Crippen molar-refractivity contribution in [3.63, 3.8) is 0 Å². The van der Waals surface area contributed by atoms with Gasteiger partial charge >= 0.3 is 0 Å². The fourth-order valence-corrected chi connectivity index (χ4v) is 4.87. The highest BCUT2D eigenvalue weighted by Gasteiger charge is 2.50. The highest BCUT2D eigenvalue weighted by molar-refractivity contribution is 5.94. The largest absolute Gasteiger partial charge is 0.438 e. The van der Waals surface area contributed by atoms with E-state index in [1.54, 1.807) is 24.5 Å². The zero-order valence-corrected chi connectivity index (χ0v) is 16.6. The number of carbonyl (C=O) groups is 2. The van der Waals surface area contributed by atoms with Crippen molar-refractivity contribution in [3.05, 3.63) is 83.8 Å². The monoisotopic (exact) mass is 402 g/mol. The lowest BCUT2D eigenvalue weighted by atomic mass is 9.87. The van der Waals surface area contributed by atoms with Crippen molar-refractivity contribution < 1.29 is 14.0 Å². The van der Waals surface area contributed by atoms with E-state index < -0.39 is 0 Å². The molecule has 152 valence electrons. The van der Waals surface area contributed by atoms with E-state index in [1.165, 1.54) is 12.6 Å². The third kappa shape index (κ3) is 3.07. The van der Waals surface area contributed by atoms with Crippen LogP contribution in [0, 0.1) is 18.8 Å². The summed E-state index contributed by atoms with van der Waals surface area (Å²) in [7, 11) is 0. The molecule has 30 heavy (non-hydrogen) atoms. The van der Waals surface area contributed by atoms with E-state index >= 15 is 0 Å². The van der Waals surface area contributed by atoms with Crippen LogP contribution in [0.15, 0.2) is 65.8 Å². The van der Waals surface area contributed by atoms with Crippen LogP contribution in [0.4, 0.5) is 0 Å². The first-order valence-electron chi connectivity index (χ1n) is 10.1. The maximum atomic E-state index is 13.4. The minimum Gasteiger partial charge on any atom is -0.438 e. The molecule has 2 aliphatic heterocycles. The predicted octanol–water partition coefficient (Wildman–Crippen LogP) is 2.96. The molecule has 7 heteroatoms. The molecule has 7 nitrogen and oxygen atoms in total. The van der Waals surface area contributed by atoms with Gasteiger partial charge in [0, 0.05) is 43.9 Å². The van der Waals surface area contributed by atoms with Crippen molar-refractivity contribution in [2.45, 2.75) is 13.0 Å². The summed E-state index contributed by atoms with van der Waals surface area (Å²) < 4.78 is 5.20. The number of aryl methyl sites for hydroxylation is 1. The Morgan fingerprint density at radius 2 is 1.87 bits per heavy atom. The lowest BCUT2D eigenvalue weighted by molar-refractivity contribution is 0.0666. The first-order valence-corrected chi connectivity index (χ1v) is 10.1. The molecule has 0 bridgehead atoms. The topological polar surface area (TPSA) is 79.5 Å². The molecule has 3 aromatic rings. The first kappa shape index (κ1) is 18.5. The molecule has 3 atom stereocenters. The number of carbonyl (C=O) groups excluding carboxylic acids is 2. The zero-order chi connectivity index (χ0) is 20.7. The van der Waals surface area contributed by atoms with Gasteiger partial charge in [-0.2, -0.15) is 0 Å². The van der Waals surface area contributed by atoms with Gasteiger partial charge in [0.1, 0.15) is 0 Å². The van der Waals surface area contributed by atoms with Crippen molar-refractivity contribution in [1.29, 1.82) is 0 Å². The molecule has 4 heterocycles. The second-order valence-electron chi connectivity index (χ2n) is 8.00. The summed E-state index contributed by atoms with van der Waals surface area (Å²) in [6.45, 7) is 3.86. The van der Waals surface area contributed by atoms with Gasteiger partial charge in [-0.25, -0.2) is 4.98 Å². The Hall–Kier alpha value is -3.48. The summed E-state index contributed by atoms with van der Waals surface area (Å²) >= 11 is 0. The third-order valence-electron chi connectivity index (χ3n) is 6.27. The summed E-state index contributed by atoms with van der Waals surface area (Å²) in [6, 6.07) is 11.7. The number of nitrogens with zero attached hydrogens (tertiary/aromatic N) is 4. The summed E-state index contributed by atoms with van der Waals surface area (Å²) in [5, 5.41) is 0. The van der Waals surface area contributed by atoms with Gasteiger partial charge in [0.2, 0.25) is 5.76 Å². The van der Waals surface area contributed by atoms with Gasteiger partial charge in [0.05, 0.1) is 17.8 Å². The number of pyridine rings is 1. The van der Waals surface area contributed by atoms with Gasteiger partial charge in [0.25, 0.3) is 11.8 Å². The molecule has 1 aromatic carbocycles. The fourth-order valence-electron chi connectivity index (χ4n) is 4.87. The van der Waals surface area contributed by atoms with Crippen molar-refractivity contribution in [2.75, 3.05) is 19.6 Å². The molecule has 5 rings (SSSR count). The second-order valence-corrected chi connectivity index (χ2v) is 8.00. The maximum Gasteiger partial charge on any atom is 0.291 e. The van der Waals surface area contributed by atoms with Crippen LogP contribution in [-0.2, 0) is 0 Å². The van der Waals surface area contributed by atoms with Crippen LogP contribution in [0.25, 0.3) is 0 Å². The van der Waals surface area contributed by atoms with E-state index in [0.29, 0.717) is 25.2 Å². The number of rotatable bonds is 3. The molecule has 0 N–H and O–H groups in total.